The zero-order chi connectivity index (χ0) is 11.4. The van der Waals surface area contributed by atoms with Crippen LogP contribution in [0, 0.1) is 0 Å². The fraction of sp³-hybridized carbons (Fsp3) is 0.300. The number of aromatic hydroxyl groups is 1. The maximum absolute atomic E-state index is 10.7. The highest BCUT2D eigenvalue weighted by Crippen LogP contribution is 2.28. The molecule has 0 saturated carbocycles. The van der Waals surface area contributed by atoms with E-state index in [0.29, 0.717) is 6.29 Å². The number of carbonyl (C=O) groups excluding carboxylic acids is 1. The average Bonchev–Trinajstić information content (AvgIpc) is 2.26. The van der Waals surface area contributed by atoms with Crippen molar-refractivity contribution in [1.82, 2.24) is 0 Å². The summed E-state index contributed by atoms with van der Waals surface area (Å²) in [4.78, 5) is 10.7. The molecule has 5 N–H and O–H groups in total. The SMILES string of the molecule is NCC(O)C(O)c1c(O)cccc1C=O. The minimum absolute atomic E-state index is 0.00505. The summed E-state index contributed by atoms with van der Waals surface area (Å²) in [6.45, 7) is -0.159. The molecular formula is C10H13NO4. The second kappa shape index (κ2) is 4.88. The molecule has 1 aromatic carbocycles. The molecule has 5 heteroatoms. The van der Waals surface area contributed by atoms with Crippen molar-refractivity contribution in [2.75, 3.05) is 6.54 Å². The van der Waals surface area contributed by atoms with Gasteiger partial charge in [-0.15, -0.1) is 0 Å². The lowest BCUT2D eigenvalue weighted by atomic mass is 9.98. The fourth-order valence-electron chi connectivity index (χ4n) is 1.32. The van der Waals surface area contributed by atoms with Gasteiger partial charge < -0.3 is 21.1 Å². The topological polar surface area (TPSA) is 104 Å². The Labute approximate surface area is 86.8 Å². The molecular weight excluding hydrogens is 198 g/mol. The van der Waals surface area contributed by atoms with E-state index in [1.54, 1.807) is 0 Å². The first-order valence-corrected chi connectivity index (χ1v) is 4.45. The number of phenols is 1. The summed E-state index contributed by atoms with van der Waals surface area (Å²) in [6, 6.07) is 4.24. The van der Waals surface area contributed by atoms with Gasteiger partial charge in [0.25, 0.3) is 0 Å². The van der Waals surface area contributed by atoms with Crippen LogP contribution >= 0.6 is 0 Å². The van der Waals surface area contributed by atoms with Crippen LogP contribution in [0.25, 0.3) is 0 Å². The Morgan fingerprint density at radius 3 is 2.60 bits per heavy atom. The van der Waals surface area contributed by atoms with Crippen LogP contribution in [0.15, 0.2) is 18.2 Å². The van der Waals surface area contributed by atoms with Crippen molar-refractivity contribution >= 4 is 6.29 Å². The molecule has 0 saturated heterocycles. The van der Waals surface area contributed by atoms with Crippen molar-refractivity contribution in [3.63, 3.8) is 0 Å². The molecule has 0 aliphatic heterocycles. The van der Waals surface area contributed by atoms with Crippen LogP contribution in [0.1, 0.15) is 22.0 Å². The number of hydrogen-bond donors (Lipinski definition) is 4. The van der Waals surface area contributed by atoms with Crippen molar-refractivity contribution in [2.24, 2.45) is 5.73 Å². The summed E-state index contributed by atoms with van der Waals surface area (Å²) in [5, 5.41) is 28.4. The molecule has 0 radical (unpaired) electrons. The molecule has 1 aromatic rings. The van der Waals surface area contributed by atoms with Gasteiger partial charge in [-0.05, 0) is 6.07 Å². The summed E-state index contributed by atoms with van der Waals surface area (Å²) in [6.07, 6.45) is -2.07. The zero-order valence-electron chi connectivity index (χ0n) is 8.00. The number of hydrogen-bond acceptors (Lipinski definition) is 5. The van der Waals surface area contributed by atoms with E-state index in [-0.39, 0.29) is 23.4 Å². The van der Waals surface area contributed by atoms with Gasteiger partial charge in [-0.2, -0.15) is 0 Å². The zero-order valence-corrected chi connectivity index (χ0v) is 8.00. The van der Waals surface area contributed by atoms with Crippen LogP contribution in [0.5, 0.6) is 5.75 Å². The monoisotopic (exact) mass is 211 g/mol. The molecule has 1 rings (SSSR count). The molecule has 82 valence electrons. The van der Waals surface area contributed by atoms with Crippen molar-refractivity contribution < 1.29 is 20.1 Å². The lowest BCUT2D eigenvalue weighted by Gasteiger charge is -2.18. The molecule has 2 atom stereocenters. The molecule has 5 nitrogen and oxygen atoms in total. The van der Waals surface area contributed by atoms with Gasteiger partial charge in [0.1, 0.15) is 11.9 Å². The van der Waals surface area contributed by atoms with Gasteiger partial charge in [0, 0.05) is 17.7 Å². The Hall–Kier alpha value is -1.43. The third-order valence-electron chi connectivity index (χ3n) is 2.15. The highest BCUT2D eigenvalue weighted by molar-refractivity contribution is 5.79. The van der Waals surface area contributed by atoms with Crippen molar-refractivity contribution in [2.45, 2.75) is 12.2 Å². The first-order valence-electron chi connectivity index (χ1n) is 4.45. The highest BCUT2D eigenvalue weighted by Gasteiger charge is 2.22. The van der Waals surface area contributed by atoms with Crippen LogP contribution in [-0.4, -0.2) is 34.3 Å². The molecule has 15 heavy (non-hydrogen) atoms. The third kappa shape index (κ3) is 2.33. The van der Waals surface area contributed by atoms with Gasteiger partial charge in [0.2, 0.25) is 0 Å². The Morgan fingerprint density at radius 2 is 2.07 bits per heavy atom. The molecule has 0 fully saturated rings. The van der Waals surface area contributed by atoms with E-state index in [4.69, 9.17) is 5.73 Å². The smallest absolute Gasteiger partial charge is 0.150 e. The van der Waals surface area contributed by atoms with Crippen molar-refractivity contribution in [3.05, 3.63) is 29.3 Å². The van der Waals surface area contributed by atoms with Gasteiger partial charge in [0.15, 0.2) is 6.29 Å². The first-order chi connectivity index (χ1) is 7.11. The molecule has 0 aliphatic rings. The van der Waals surface area contributed by atoms with Crippen LogP contribution in [0.2, 0.25) is 0 Å². The molecule has 0 aromatic heterocycles. The first kappa shape index (κ1) is 11.6. The van der Waals surface area contributed by atoms with Gasteiger partial charge in [-0.3, -0.25) is 4.79 Å². The number of aliphatic hydroxyl groups is 2. The maximum atomic E-state index is 10.7. The van der Waals surface area contributed by atoms with E-state index >= 15 is 0 Å². The quantitative estimate of drug-likeness (QED) is 0.505. The van der Waals surface area contributed by atoms with E-state index in [2.05, 4.69) is 0 Å². The molecule has 0 spiro atoms. The van der Waals surface area contributed by atoms with Gasteiger partial charge in [-0.25, -0.2) is 0 Å². The normalized spacial score (nSPS) is 14.6. The van der Waals surface area contributed by atoms with Crippen LogP contribution in [-0.2, 0) is 0 Å². The Balaban J connectivity index is 3.16. The van der Waals surface area contributed by atoms with E-state index in [9.17, 15) is 20.1 Å². The van der Waals surface area contributed by atoms with Crippen LogP contribution in [0.4, 0.5) is 0 Å². The predicted octanol–water partition coefficient (Wildman–Crippen LogP) is -0.442. The van der Waals surface area contributed by atoms with E-state index in [1.807, 2.05) is 0 Å². The van der Waals surface area contributed by atoms with Gasteiger partial charge in [-0.1, -0.05) is 12.1 Å². The minimum Gasteiger partial charge on any atom is -0.508 e. The Bertz CT molecular complexity index is 353. The largest absolute Gasteiger partial charge is 0.508 e. The van der Waals surface area contributed by atoms with Crippen LogP contribution in [0.3, 0.4) is 0 Å². The Kier molecular flexibility index (Phi) is 3.79. The van der Waals surface area contributed by atoms with Gasteiger partial charge >= 0.3 is 0 Å². The van der Waals surface area contributed by atoms with Crippen molar-refractivity contribution in [3.8, 4) is 5.75 Å². The lowest BCUT2D eigenvalue weighted by molar-refractivity contribution is 0.0226. The molecule has 0 aliphatic carbocycles. The molecule has 0 heterocycles. The molecule has 2 unspecified atom stereocenters. The number of carbonyl (C=O) groups is 1. The summed E-state index contributed by atoms with van der Waals surface area (Å²) >= 11 is 0. The van der Waals surface area contributed by atoms with Gasteiger partial charge in [0.05, 0.1) is 6.10 Å². The number of aldehydes is 1. The number of aliphatic hydroxyl groups excluding tert-OH is 2. The van der Waals surface area contributed by atoms with Crippen molar-refractivity contribution in [1.29, 1.82) is 0 Å². The number of phenolic OH excluding ortho intramolecular Hbond substituents is 1. The second-order valence-electron chi connectivity index (χ2n) is 3.15. The fourth-order valence-corrected chi connectivity index (χ4v) is 1.32. The number of nitrogens with two attached hydrogens (primary N) is 1. The lowest BCUT2D eigenvalue weighted by Crippen LogP contribution is -2.27. The summed E-state index contributed by atoms with van der Waals surface area (Å²) in [7, 11) is 0. The molecule has 0 bridgehead atoms. The summed E-state index contributed by atoms with van der Waals surface area (Å²) in [5.41, 5.74) is 5.31. The maximum Gasteiger partial charge on any atom is 0.150 e. The molecule has 0 amide bonds. The number of benzene rings is 1. The third-order valence-corrected chi connectivity index (χ3v) is 2.15. The van der Waals surface area contributed by atoms with E-state index < -0.39 is 12.2 Å². The standard InChI is InChI=1S/C10H13NO4/c11-4-8(14)10(15)9-6(5-12)2-1-3-7(9)13/h1-3,5,8,10,13-15H,4,11H2. The highest BCUT2D eigenvalue weighted by atomic mass is 16.3. The van der Waals surface area contributed by atoms with Crippen LogP contribution < -0.4 is 5.73 Å². The van der Waals surface area contributed by atoms with E-state index in [0.717, 1.165) is 0 Å². The number of rotatable bonds is 4. The average molecular weight is 211 g/mol. The predicted molar refractivity (Wildman–Crippen MR) is 53.5 cm³/mol. The summed E-state index contributed by atoms with van der Waals surface area (Å²) < 4.78 is 0. The minimum atomic E-state index is -1.36. The summed E-state index contributed by atoms with van der Waals surface area (Å²) in [5.74, 6) is -0.236. The van der Waals surface area contributed by atoms with E-state index in [1.165, 1.54) is 18.2 Å². The Morgan fingerprint density at radius 1 is 1.40 bits per heavy atom. The second-order valence-corrected chi connectivity index (χ2v) is 3.15.